The van der Waals surface area contributed by atoms with Crippen molar-refractivity contribution in [1.29, 1.82) is 0 Å². The molecule has 1 radical (unpaired) electrons. The first kappa shape index (κ1) is 10.6. The van der Waals surface area contributed by atoms with Crippen LogP contribution in [0.15, 0.2) is 29.4 Å². The lowest BCUT2D eigenvalue weighted by Gasteiger charge is -2.01. The van der Waals surface area contributed by atoms with E-state index >= 15 is 0 Å². The molecule has 3 nitrogen and oxygen atoms in total. The van der Waals surface area contributed by atoms with Crippen LogP contribution in [0.2, 0.25) is 0 Å². The standard InChI is InChI=1S/C11H14NO2/c1-3-8-12-14-9-10-4-6-11(13-2)7-5-10/h4-7H,3,9H2,1-2H3. The zero-order valence-electron chi connectivity index (χ0n) is 8.49. The fourth-order valence-corrected chi connectivity index (χ4v) is 0.939. The van der Waals surface area contributed by atoms with Crippen molar-refractivity contribution in [1.82, 2.24) is 0 Å². The van der Waals surface area contributed by atoms with Crippen molar-refractivity contribution in [2.45, 2.75) is 20.0 Å². The molecule has 0 saturated heterocycles. The maximum Gasteiger partial charge on any atom is 0.142 e. The molecule has 0 fully saturated rings. The van der Waals surface area contributed by atoms with Gasteiger partial charge in [0.05, 0.1) is 7.11 Å². The first-order valence-electron chi connectivity index (χ1n) is 4.54. The van der Waals surface area contributed by atoms with E-state index in [9.17, 15) is 0 Å². The number of methoxy groups -OCH3 is 1. The van der Waals surface area contributed by atoms with Crippen molar-refractivity contribution in [3.05, 3.63) is 29.8 Å². The summed E-state index contributed by atoms with van der Waals surface area (Å²) in [7, 11) is 1.64. The first-order chi connectivity index (χ1) is 6.86. The van der Waals surface area contributed by atoms with Gasteiger partial charge in [-0.2, -0.15) is 0 Å². The molecule has 14 heavy (non-hydrogen) atoms. The molecular formula is C11H14NO2. The van der Waals surface area contributed by atoms with Crippen LogP contribution in [-0.4, -0.2) is 13.3 Å². The van der Waals surface area contributed by atoms with Crippen molar-refractivity contribution < 1.29 is 9.57 Å². The van der Waals surface area contributed by atoms with Crippen LogP contribution in [-0.2, 0) is 11.4 Å². The predicted molar refractivity (Wildman–Crippen MR) is 55.5 cm³/mol. The zero-order chi connectivity index (χ0) is 10.2. The van der Waals surface area contributed by atoms with Crippen LogP contribution in [0.5, 0.6) is 5.75 Å². The van der Waals surface area contributed by atoms with E-state index in [1.165, 1.54) is 0 Å². The zero-order valence-corrected chi connectivity index (χ0v) is 8.49. The average Bonchev–Trinajstić information content (AvgIpc) is 2.25. The molecule has 1 rings (SSSR count). The van der Waals surface area contributed by atoms with E-state index in [-0.39, 0.29) is 0 Å². The van der Waals surface area contributed by atoms with Crippen LogP contribution in [0.1, 0.15) is 18.9 Å². The Morgan fingerprint density at radius 2 is 2.00 bits per heavy atom. The van der Waals surface area contributed by atoms with Gasteiger partial charge in [-0.25, -0.2) is 0 Å². The quantitative estimate of drug-likeness (QED) is 0.530. The summed E-state index contributed by atoms with van der Waals surface area (Å²) in [5.74, 6) is 0.845. The molecule has 1 aromatic carbocycles. The smallest absolute Gasteiger partial charge is 0.142 e. The summed E-state index contributed by atoms with van der Waals surface area (Å²) < 4.78 is 5.04. The highest BCUT2D eigenvalue weighted by molar-refractivity contribution is 5.55. The van der Waals surface area contributed by atoms with Crippen LogP contribution < -0.4 is 4.74 Å². The van der Waals surface area contributed by atoms with Crippen molar-refractivity contribution in [3.63, 3.8) is 0 Å². The lowest BCUT2D eigenvalue weighted by molar-refractivity contribution is 0.131. The van der Waals surface area contributed by atoms with E-state index in [1.54, 1.807) is 7.11 Å². The lowest BCUT2D eigenvalue weighted by Crippen LogP contribution is -1.88. The average molecular weight is 192 g/mol. The molecule has 0 aromatic heterocycles. The summed E-state index contributed by atoms with van der Waals surface area (Å²) in [6, 6.07) is 7.68. The normalized spacial score (nSPS) is 10.4. The summed E-state index contributed by atoms with van der Waals surface area (Å²) in [5, 5.41) is 3.65. The number of rotatable bonds is 5. The minimum absolute atomic E-state index is 0.469. The highest BCUT2D eigenvalue weighted by atomic mass is 16.6. The van der Waals surface area contributed by atoms with Gasteiger partial charge in [-0.05, 0) is 24.1 Å². The van der Waals surface area contributed by atoms with E-state index in [2.05, 4.69) is 11.4 Å². The van der Waals surface area contributed by atoms with E-state index in [4.69, 9.17) is 9.57 Å². The highest BCUT2D eigenvalue weighted by Gasteiger charge is 1.93. The molecule has 0 aliphatic carbocycles. The fourth-order valence-electron chi connectivity index (χ4n) is 0.939. The van der Waals surface area contributed by atoms with Crippen molar-refractivity contribution in [2.75, 3.05) is 7.11 Å². The minimum Gasteiger partial charge on any atom is -0.497 e. The van der Waals surface area contributed by atoms with Crippen LogP contribution in [0, 0.1) is 0 Å². The van der Waals surface area contributed by atoms with Crippen molar-refractivity contribution >= 4 is 6.21 Å². The summed E-state index contributed by atoms with van der Waals surface area (Å²) in [4.78, 5) is 5.01. The van der Waals surface area contributed by atoms with Crippen LogP contribution in [0.4, 0.5) is 0 Å². The Hall–Kier alpha value is -1.51. The number of hydrogen-bond acceptors (Lipinski definition) is 3. The van der Waals surface area contributed by atoms with Gasteiger partial charge in [-0.3, -0.25) is 0 Å². The fraction of sp³-hybridized carbons (Fsp3) is 0.364. The summed E-state index contributed by atoms with van der Waals surface area (Å²) in [5.41, 5.74) is 1.06. The SMILES string of the molecule is CC/[C]=N\OCc1ccc(OC)cc1. The minimum atomic E-state index is 0.469. The van der Waals surface area contributed by atoms with Gasteiger partial charge in [-0.15, -0.1) is 0 Å². The van der Waals surface area contributed by atoms with Crippen LogP contribution in [0.25, 0.3) is 0 Å². The Morgan fingerprint density at radius 3 is 2.57 bits per heavy atom. The third kappa shape index (κ3) is 3.47. The second-order valence-electron chi connectivity index (χ2n) is 2.72. The Kier molecular flexibility index (Phi) is 4.55. The second-order valence-corrected chi connectivity index (χ2v) is 2.72. The molecule has 0 amide bonds. The molecule has 75 valence electrons. The van der Waals surface area contributed by atoms with Gasteiger partial charge in [0.1, 0.15) is 18.6 Å². The van der Waals surface area contributed by atoms with E-state index in [0.717, 1.165) is 17.7 Å². The van der Waals surface area contributed by atoms with E-state index in [1.807, 2.05) is 31.2 Å². The number of ether oxygens (including phenoxy) is 1. The monoisotopic (exact) mass is 192 g/mol. The Labute approximate surface area is 84.3 Å². The van der Waals surface area contributed by atoms with Gasteiger partial charge in [0.2, 0.25) is 0 Å². The van der Waals surface area contributed by atoms with Gasteiger partial charge in [0.15, 0.2) is 0 Å². The first-order valence-corrected chi connectivity index (χ1v) is 4.54. The largest absolute Gasteiger partial charge is 0.497 e. The molecule has 3 heteroatoms. The Bertz CT molecular complexity index is 280. The van der Waals surface area contributed by atoms with Crippen molar-refractivity contribution in [2.24, 2.45) is 5.16 Å². The van der Waals surface area contributed by atoms with Gasteiger partial charge < -0.3 is 9.57 Å². The summed E-state index contributed by atoms with van der Waals surface area (Å²) >= 11 is 0. The van der Waals surface area contributed by atoms with E-state index in [0.29, 0.717) is 6.61 Å². The number of nitrogens with zero attached hydrogens (tertiary/aromatic N) is 1. The third-order valence-corrected chi connectivity index (χ3v) is 1.68. The molecule has 0 heterocycles. The molecule has 0 saturated carbocycles. The predicted octanol–water partition coefficient (Wildman–Crippen LogP) is 2.48. The lowest BCUT2D eigenvalue weighted by atomic mass is 10.2. The maximum absolute atomic E-state index is 5.04. The summed E-state index contributed by atoms with van der Waals surface area (Å²) in [6.07, 6.45) is 3.49. The molecule has 0 spiro atoms. The number of hydrogen-bond donors (Lipinski definition) is 0. The van der Waals surface area contributed by atoms with Crippen LogP contribution >= 0.6 is 0 Å². The second kappa shape index (κ2) is 6.02. The van der Waals surface area contributed by atoms with Crippen LogP contribution in [0.3, 0.4) is 0 Å². The molecule has 1 aromatic rings. The van der Waals surface area contributed by atoms with Gasteiger partial charge in [0.25, 0.3) is 0 Å². The Balaban J connectivity index is 2.40. The molecule has 0 atom stereocenters. The van der Waals surface area contributed by atoms with E-state index < -0.39 is 0 Å². The Morgan fingerprint density at radius 1 is 1.29 bits per heavy atom. The molecule has 0 N–H and O–H groups in total. The van der Waals surface area contributed by atoms with Gasteiger partial charge in [-0.1, -0.05) is 24.2 Å². The topological polar surface area (TPSA) is 30.8 Å². The highest BCUT2D eigenvalue weighted by Crippen LogP contribution is 2.11. The van der Waals surface area contributed by atoms with Crippen molar-refractivity contribution in [3.8, 4) is 5.75 Å². The molecule has 0 aliphatic rings. The molecular weight excluding hydrogens is 178 g/mol. The van der Waals surface area contributed by atoms with Gasteiger partial charge in [0, 0.05) is 0 Å². The summed E-state index contributed by atoms with van der Waals surface area (Å²) in [6.45, 7) is 2.43. The molecule has 0 bridgehead atoms. The molecule has 0 unspecified atom stereocenters. The third-order valence-electron chi connectivity index (χ3n) is 1.68. The van der Waals surface area contributed by atoms with Gasteiger partial charge >= 0.3 is 0 Å². The number of benzene rings is 1. The maximum atomic E-state index is 5.04. The molecule has 0 aliphatic heterocycles.